The number of benzene rings is 2. The van der Waals surface area contributed by atoms with Gasteiger partial charge in [0.2, 0.25) is 5.95 Å². The van der Waals surface area contributed by atoms with Gasteiger partial charge in [0.15, 0.2) is 0 Å². The Morgan fingerprint density at radius 2 is 1.80 bits per heavy atom. The molecule has 0 amide bonds. The van der Waals surface area contributed by atoms with E-state index in [0.29, 0.717) is 18.0 Å². The fourth-order valence-corrected chi connectivity index (χ4v) is 4.70. The second kappa shape index (κ2) is 7.36. The Labute approximate surface area is 174 Å². The molecular formula is C22H24F2N6. The summed E-state index contributed by atoms with van der Waals surface area (Å²) in [5.41, 5.74) is 3.53. The van der Waals surface area contributed by atoms with Crippen LogP contribution in [0.15, 0.2) is 42.7 Å². The summed E-state index contributed by atoms with van der Waals surface area (Å²) in [6, 6.07) is 10.8. The molecule has 30 heavy (non-hydrogen) atoms. The molecular weight excluding hydrogens is 386 g/mol. The lowest BCUT2D eigenvalue weighted by Gasteiger charge is -2.35. The van der Waals surface area contributed by atoms with Crippen LogP contribution in [0.2, 0.25) is 0 Å². The lowest BCUT2D eigenvalue weighted by molar-refractivity contribution is 0.251. The first kappa shape index (κ1) is 19.0. The number of piperazine rings is 1. The van der Waals surface area contributed by atoms with Gasteiger partial charge in [0, 0.05) is 42.6 Å². The zero-order chi connectivity index (χ0) is 20.8. The van der Waals surface area contributed by atoms with E-state index in [9.17, 15) is 8.78 Å². The minimum Gasteiger partial charge on any atom is -0.366 e. The smallest absolute Gasteiger partial charge is 0.246 e. The third-order valence-electron chi connectivity index (χ3n) is 6.01. The molecule has 2 aromatic carbocycles. The van der Waals surface area contributed by atoms with Crippen LogP contribution in [-0.2, 0) is 0 Å². The normalized spacial score (nSPS) is 20.9. The molecule has 1 N–H and O–H groups in total. The molecule has 0 aliphatic carbocycles. The summed E-state index contributed by atoms with van der Waals surface area (Å²) in [7, 11) is 0. The molecule has 0 saturated carbocycles. The minimum atomic E-state index is -0.653. The van der Waals surface area contributed by atoms with Crippen molar-refractivity contribution in [3.05, 3.63) is 59.9 Å². The van der Waals surface area contributed by atoms with E-state index < -0.39 is 11.6 Å². The van der Waals surface area contributed by atoms with Gasteiger partial charge < -0.3 is 10.2 Å². The van der Waals surface area contributed by atoms with Crippen molar-refractivity contribution < 1.29 is 8.78 Å². The van der Waals surface area contributed by atoms with Gasteiger partial charge in [-0.05, 0) is 55.8 Å². The molecule has 2 aliphatic heterocycles. The van der Waals surface area contributed by atoms with Crippen LogP contribution >= 0.6 is 0 Å². The number of fused-ring (bicyclic) bond motifs is 2. The number of halogens is 2. The second-order valence-corrected chi connectivity index (χ2v) is 8.11. The molecule has 8 heteroatoms. The number of likely N-dealkylation sites (tertiary alicyclic amines) is 1. The number of aromatic nitrogens is 3. The van der Waals surface area contributed by atoms with Crippen LogP contribution in [0.4, 0.5) is 26.1 Å². The maximum atomic E-state index is 13.5. The highest BCUT2D eigenvalue weighted by molar-refractivity contribution is 5.65. The summed E-state index contributed by atoms with van der Waals surface area (Å²) in [6.07, 6.45) is 2.66. The van der Waals surface area contributed by atoms with E-state index in [0.717, 1.165) is 37.0 Å². The first-order valence-electron chi connectivity index (χ1n) is 10.3. The molecule has 2 unspecified atom stereocenters. The number of nitrogens with zero attached hydrogens (tertiary/aromatic N) is 5. The Balaban J connectivity index is 1.36. The largest absolute Gasteiger partial charge is 0.366 e. The van der Waals surface area contributed by atoms with Gasteiger partial charge in [0.1, 0.15) is 18.0 Å². The minimum absolute atomic E-state index is 0.284. The molecule has 2 saturated heterocycles. The van der Waals surface area contributed by atoms with Gasteiger partial charge in [-0.25, -0.2) is 13.5 Å². The monoisotopic (exact) mass is 410 g/mol. The summed E-state index contributed by atoms with van der Waals surface area (Å²) in [5.74, 6) is -0.934. The number of rotatable bonds is 5. The highest BCUT2D eigenvalue weighted by atomic mass is 19.1. The van der Waals surface area contributed by atoms with Crippen molar-refractivity contribution in [3.63, 3.8) is 0 Å². The number of nitrogens with one attached hydrogen (secondary N) is 1. The Kier molecular flexibility index (Phi) is 4.66. The van der Waals surface area contributed by atoms with Crippen LogP contribution in [0.1, 0.15) is 18.9 Å². The lowest BCUT2D eigenvalue weighted by atomic mass is 10.1. The van der Waals surface area contributed by atoms with Crippen LogP contribution in [0.25, 0.3) is 5.69 Å². The molecule has 0 spiro atoms. The summed E-state index contributed by atoms with van der Waals surface area (Å²) >= 11 is 0. The second-order valence-electron chi connectivity index (χ2n) is 8.11. The van der Waals surface area contributed by atoms with Crippen LogP contribution in [-0.4, -0.2) is 51.4 Å². The highest BCUT2D eigenvalue weighted by Crippen LogP contribution is 2.36. The van der Waals surface area contributed by atoms with Crippen molar-refractivity contribution in [2.45, 2.75) is 32.4 Å². The predicted molar refractivity (Wildman–Crippen MR) is 113 cm³/mol. The SMILES string of the molecule is CCN1CC2CC1CN2c1cc(C)cc(Nc2ncn(-c3cc(F)cc(F)c3)n2)c1. The van der Waals surface area contributed by atoms with E-state index in [1.54, 1.807) is 0 Å². The standard InChI is InChI=1S/C22H24F2N6/c1-3-28-11-21-10-20(28)12-29(21)18-5-14(2)4-17(9-18)26-22-25-13-30(27-22)19-7-15(23)6-16(24)8-19/h4-9,13,20-21H,3,10-12H2,1-2H3,(H,26,27). The molecule has 2 bridgehead atoms. The van der Waals surface area contributed by atoms with Crippen LogP contribution in [0.3, 0.4) is 0 Å². The van der Waals surface area contributed by atoms with Gasteiger partial charge in [-0.2, -0.15) is 4.98 Å². The van der Waals surface area contributed by atoms with Crippen molar-refractivity contribution >= 4 is 17.3 Å². The average Bonchev–Trinajstić information content (AvgIpc) is 3.42. The van der Waals surface area contributed by atoms with Crippen molar-refractivity contribution in [1.29, 1.82) is 0 Å². The maximum Gasteiger partial charge on any atom is 0.246 e. The molecule has 3 heterocycles. The number of hydrogen-bond donors (Lipinski definition) is 1. The van der Waals surface area contributed by atoms with E-state index >= 15 is 0 Å². The van der Waals surface area contributed by atoms with Gasteiger partial charge in [-0.3, -0.25) is 4.90 Å². The maximum absolute atomic E-state index is 13.5. The van der Waals surface area contributed by atoms with Crippen LogP contribution in [0.5, 0.6) is 0 Å². The van der Waals surface area contributed by atoms with E-state index in [-0.39, 0.29) is 5.69 Å². The van der Waals surface area contributed by atoms with Gasteiger partial charge >= 0.3 is 0 Å². The Morgan fingerprint density at radius 1 is 1.00 bits per heavy atom. The zero-order valence-electron chi connectivity index (χ0n) is 17.0. The molecule has 3 aromatic rings. The van der Waals surface area contributed by atoms with E-state index in [4.69, 9.17) is 0 Å². The molecule has 2 fully saturated rings. The fraction of sp³-hybridized carbons (Fsp3) is 0.364. The number of aryl methyl sites for hydroxylation is 1. The molecule has 2 atom stereocenters. The van der Waals surface area contributed by atoms with E-state index in [1.807, 2.05) is 6.07 Å². The molecule has 1 aromatic heterocycles. The predicted octanol–water partition coefficient (Wildman–Crippen LogP) is 3.88. The quantitative estimate of drug-likeness (QED) is 0.692. The van der Waals surface area contributed by atoms with Crippen molar-refractivity contribution in [3.8, 4) is 5.69 Å². The summed E-state index contributed by atoms with van der Waals surface area (Å²) in [6.45, 7) is 7.58. The number of likely N-dealkylation sites (N-methyl/N-ethyl adjacent to an activating group) is 1. The molecule has 5 rings (SSSR count). The van der Waals surface area contributed by atoms with Crippen molar-refractivity contribution in [2.24, 2.45) is 0 Å². The Bertz CT molecular complexity index is 1060. The van der Waals surface area contributed by atoms with Crippen LogP contribution < -0.4 is 10.2 Å². The Morgan fingerprint density at radius 3 is 2.50 bits per heavy atom. The summed E-state index contributed by atoms with van der Waals surface area (Å²) in [4.78, 5) is 9.29. The van der Waals surface area contributed by atoms with Gasteiger partial charge in [-0.1, -0.05) is 6.92 Å². The lowest BCUT2D eigenvalue weighted by Crippen LogP contribution is -2.46. The number of hydrogen-bond acceptors (Lipinski definition) is 5. The molecule has 156 valence electrons. The van der Waals surface area contributed by atoms with Gasteiger partial charge in [0.05, 0.1) is 5.69 Å². The topological polar surface area (TPSA) is 49.2 Å². The van der Waals surface area contributed by atoms with Gasteiger partial charge in [-0.15, -0.1) is 5.10 Å². The summed E-state index contributed by atoms with van der Waals surface area (Å²) in [5, 5.41) is 7.54. The molecule has 6 nitrogen and oxygen atoms in total. The third-order valence-corrected chi connectivity index (χ3v) is 6.01. The average molecular weight is 410 g/mol. The molecule has 0 radical (unpaired) electrons. The third kappa shape index (κ3) is 3.52. The van der Waals surface area contributed by atoms with Crippen molar-refractivity contribution in [2.75, 3.05) is 29.9 Å². The summed E-state index contributed by atoms with van der Waals surface area (Å²) < 4.78 is 28.3. The Hall–Kier alpha value is -3.00. The van der Waals surface area contributed by atoms with Crippen molar-refractivity contribution in [1.82, 2.24) is 19.7 Å². The molecule has 2 aliphatic rings. The first-order valence-corrected chi connectivity index (χ1v) is 10.3. The highest BCUT2D eigenvalue weighted by Gasteiger charge is 2.42. The van der Waals surface area contributed by atoms with Gasteiger partial charge in [0.25, 0.3) is 0 Å². The first-order chi connectivity index (χ1) is 14.5. The van der Waals surface area contributed by atoms with E-state index in [2.05, 4.69) is 51.2 Å². The van der Waals surface area contributed by atoms with E-state index in [1.165, 1.54) is 35.3 Å². The zero-order valence-corrected chi connectivity index (χ0v) is 17.0. The van der Waals surface area contributed by atoms with Crippen LogP contribution in [0, 0.1) is 18.6 Å². The number of anilines is 3. The fourth-order valence-electron chi connectivity index (χ4n) is 4.70.